The average molecular weight is 174 g/mol. The van der Waals surface area contributed by atoms with Gasteiger partial charge in [-0.3, -0.25) is 0 Å². The van der Waals surface area contributed by atoms with Gasteiger partial charge in [-0.25, -0.2) is 0 Å². The van der Waals surface area contributed by atoms with Gasteiger partial charge in [-0.1, -0.05) is 23.8 Å². The van der Waals surface area contributed by atoms with Crippen molar-refractivity contribution in [2.24, 2.45) is 0 Å². The van der Waals surface area contributed by atoms with Crippen molar-refractivity contribution in [3.63, 3.8) is 0 Å². The molecule has 0 aromatic heterocycles. The van der Waals surface area contributed by atoms with E-state index in [-0.39, 0.29) is 0 Å². The summed E-state index contributed by atoms with van der Waals surface area (Å²) in [5.74, 6) is 0. The van der Waals surface area contributed by atoms with Gasteiger partial charge in [0, 0.05) is 5.03 Å². The van der Waals surface area contributed by atoms with Gasteiger partial charge in [-0.2, -0.15) is 0 Å². The van der Waals surface area contributed by atoms with Crippen LogP contribution in [0.15, 0.2) is 23.3 Å². The zero-order valence-electron chi connectivity index (χ0n) is 7.23. The quantitative estimate of drug-likeness (QED) is 0.498. The molecule has 1 N–H and O–H groups in total. The molecule has 0 aliphatic rings. The molecule has 0 saturated carbocycles. The molecule has 0 atom stereocenters. The van der Waals surface area contributed by atoms with Crippen LogP contribution >= 0.6 is 11.6 Å². The first kappa shape index (κ1) is 10.7. The van der Waals surface area contributed by atoms with Gasteiger partial charge in [0.1, 0.15) is 0 Å². The van der Waals surface area contributed by atoms with Crippen molar-refractivity contribution in [3.05, 3.63) is 23.3 Å². The molecule has 0 saturated heterocycles. The molecule has 11 heavy (non-hydrogen) atoms. The predicted octanol–water partition coefficient (Wildman–Crippen LogP) is 2.68. The number of halogens is 1. The second-order valence-electron chi connectivity index (χ2n) is 2.33. The van der Waals surface area contributed by atoms with E-state index in [1.165, 1.54) is 0 Å². The van der Waals surface area contributed by atoms with Crippen LogP contribution in [0.4, 0.5) is 0 Å². The second-order valence-corrected chi connectivity index (χ2v) is 2.77. The Morgan fingerprint density at radius 3 is 2.82 bits per heavy atom. The number of unbranched alkanes of at least 4 members (excludes halogenated alkanes) is 1. The molecule has 2 heteroatoms. The first-order valence-corrected chi connectivity index (χ1v) is 4.32. The summed E-state index contributed by atoms with van der Waals surface area (Å²) in [5.41, 5.74) is 0. The first-order valence-electron chi connectivity index (χ1n) is 3.94. The summed E-state index contributed by atoms with van der Waals surface area (Å²) in [6.45, 7) is 3.01. The molecule has 0 amide bonds. The van der Waals surface area contributed by atoms with Crippen LogP contribution < -0.4 is 5.32 Å². The summed E-state index contributed by atoms with van der Waals surface area (Å²) in [6.07, 6.45) is 8.07. The highest BCUT2D eigenvalue weighted by atomic mass is 35.5. The van der Waals surface area contributed by atoms with Crippen LogP contribution in [-0.2, 0) is 0 Å². The van der Waals surface area contributed by atoms with E-state index >= 15 is 0 Å². The van der Waals surface area contributed by atoms with Crippen LogP contribution in [0.25, 0.3) is 0 Å². The number of hydrogen-bond acceptors (Lipinski definition) is 1. The Balaban J connectivity index is 3.40. The minimum atomic E-state index is 0.837. The smallest absolute Gasteiger partial charge is 0.0362 e. The Bertz CT molecular complexity index is 138. The summed E-state index contributed by atoms with van der Waals surface area (Å²) in [6, 6.07) is 0. The molecule has 0 rings (SSSR count). The van der Waals surface area contributed by atoms with Gasteiger partial charge in [0.05, 0.1) is 0 Å². The third-order valence-electron chi connectivity index (χ3n) is 1.30. The van der Waals surface area contributed by atoms with Crippen molar-refractivity contribution >= 4 is 11.6 Å². The minimum absolute atomic E-state index is 0.837. The van der Waals surface area contributed by atoms with Crippen LogP contribution in [0.3, 0.4) is 0 Å². The van der Waals surface area contributed by atoms with Gasteiger partial charge in [0.2, 0.25) is 0 Å². The first-order chi connectivity index (χ1) is 5.31. The molecule has 0 radical (unpaired) electrons. The molecule has 0 aliphatic heterocycles. The molecule has 0 heterocycles. The number of nitrogens with one attached hydrogen (secondary N) is 1. The summed E-state index contributed by atoms with van der Waals surface area (Å²) in [5, 5.41) is 3.92. The van der Waals surface area contributed by atoms with Gasteiger partial charge < -0.3 is 5.32 Å². The number of allylic oxidation sites excluding steroid dienone is 4. The van der Waals surface area contributed by atoms with E-state index < -0.39 is 0 Å². The van der Waals surface area contributed by atoms with Crippen molar-refractivity contribution in [1.29, 1.82) is 0 Å². The molecule has 64 valence electrons. The third kappa shape index (κ3) is 7.63. The topological polar surface area (TPSA) is 12.0 Å². The van der Waals surface area contributed by atoms with Gasteiger partial charge in [0.25, 0.3) is 0 Å². The molecule has 0 bridgehead atoms. The van der Waals surface area contributed by atoms with Gasteiger partial charge in [0.15, 0.2) is 0 Å². The summed E-state index contributed by atoms with van der Waals surface area (Å²) in [7, 11) is 1.96. The maximum Gasteiger partial charge on any atom is 0.0362 e. The fourth-order valence-electron chi connectivity index (χ4n) is 0.746. The van der Waals surface area contributed by atoms with Crippen LogP contribution in [0.5, 0.6) is 0 Å². The van der Waals surface area contributed by atoms with Crippen LogP contribution in [0.2, 0.25) is 0 Å². The lowest BCUT2D eigenvalue weighted by atomic mass is 10.3. The Kier molecular flexibility index (Phi) is 7.64. The zero-order valence-corrected chi connectivity index (χ0v) is 7.99. The lowest BCUT2D eigenvalue weighted by molar-refractivity contribution is 0.735. The number of rotatable bonds is 5. The Morgan fingerprint density at radius 1 is 1.55 bits per heavy atom. The maximum absolute atomic E-state index is 5.81. The highest BCUT2D eigenvalue weighted by Crippen LogP contribution is 2.05. The van der Waals surface area contributed by atoms with E-state index in [0.717, 1.165) is 24.4 Å². The highest BCUT2D eigenvalue weighted by Gasteiger charge is 1.84. The monoisotopic (exact) mass is 173 g/mol. The predicted molar refractivity (Wildman–Crippen MR) is 51.9 cm³/mol. The van der Waals surface area contributed by atoms with E-state index in [9.17, 15) is 0 Å². The largest absolute Gasteiger partial charge is 0.320 e. The van der Waals surface area contributed by atoms with E-state index in [4.69, 9.17) is 11.6 Å². The lowest BCUT2D eigenvalue weighted by Crippen LogP contribution is -2.06. The summed E-state index contributed by atoms with van der Waals surface area (Å²) in [4.78, 5) is 0. The second kappa shape index (κ2) is 7.83. The molecule has 0 unspecified atom stereocenters. The normalized spacial score (nSPS) is 12.8. The molecule has 1 nitrogen and oxygen atoms in total. The van der Waals surface area contributed by atoms with E-state index in [1.807, 2.05) is 32.2 Å². The summed E-state index contributed by atoms with van der Waals surface area (Å²) < 4.78 is 0. The van der Waals surface area contributed by atoms with E-state index in [1.54, 1.807) is 0 Å². The minimum Gasteiger partial charge on any atom is -0.320 e. The molecule has 0 fully saturated rings. The standard InChI is InChI=1S/C9H16ClN/c1-3-6-9(10)7-4-5-8-11-2/h3,6-7,11H,4-5,8H2,1-2H3/b6-3-,9-7+. The van der Waals surface area contributed by atoms with E-state index in [0.29, 0.717) is 0 Å². The molecular formula is C9H16ClN. The van der Waals surface area contributed by atoms with E-state index in [2.05, 4.69) is 5.32 Å². The van der Waals surface area contributed by atoms with Crippen LogP contribution in [-0.4, -0.2) is 13.6 Å². The zero-order chi connectivity index (χ0) is 8.53. The van der Waals surface area contributed by atoms with Gasteiger partial charge in [-0.15, -0.1) is 0 Å². The van der Waals surface area contributed by atoms with Crippen molar-refractivity contribution in [1.82, 2.24) is 5.32 Å². The van der Waals surface area contributed by atoms with Crippen molar-refractivity contribution in [2.45, 2.75) is 19.8 Å². The Morgan fingerprint density at radius 2 is 2.27 bits per heavy atom. The number of hydrogen-bond donors (Lipinski definition) is 1. The maximum atomic E-state index is 5.81. The highest BCUT2D eigenvalue weighted by molar-refractivity contribution is 6.31. The van der Waals surface area contributed by atoms with Crippen LogP contribution in [0.1, 0.15) is 19.8 Å². The van der Waals surface area contributed by atoms with Crippen molar-refractivity contribution in [3.8, 4) is 0 Å². The van der Waals surface area contributed by atoms with Crippen molar-refractivity contribution < 1.29 is 0 Å². The third-order valence-corrected chi connectivity index (χ3v) is 1.58. The Labute approximate surface area is 74.1 Å². The lowest BCUT2D eigenvalue weighted by Gasteiger charge is -1.94. The fraction of sp³-hybridized carbons (Fsp3) is 0.556. The fourth-order valence-corrected chi connectivity index (χ4v) is 0.981. The average Bonchev–Trinajstić information content (AvgIpc) is 1.99. The van der Waals surface area contributed by atoms with Gasteiger partial charge >= 0.3 is 0 Å². The molecule has 0 aromatic rings. The molecular weight excluding hydrogens is 158 g/mol. The molecule has 0 aliphatic carbocycles. The SMILES string of the molecule is C/C=C\C(Cl)=C/CCCNC. The Hall–Kier alpha value is -0.270. The molecule has 0 spiro atoms. The van der Waals surface area contributed by atoms with Gasteiger partial charge in [-0.05, 0) is 39.4 Å². The van der Waals surface area contributed by atoms with Crippen LogP contribution in [0, 0.1) is 0 Å². The summed E-state index contributed by atoms with van der Waals surface area (Å²) >= 11 is 5.81. The van der Waals surface area contributed by atoms with Crippen molar-refractivity contribution in [2.75, 3.05) is 13.6 Å². The molecule has 0 aromatic carbocycles.